The van der Waals surface area contributed by atoms with Gasteiger partial charge in [-0.15, -0.1) is 0 Å². The van der Waals surface area contributed by atoms with Crippen molar-refractivity contribution in [1.82, 2.24) is 0 Å². The molecule has 0 bridgehead atoms. The standard InChI is InChI=1S/C3H6FO2/c4-3(6)1-2-5/h1,3,5-6H,2H2. The Morgan fingerprint density at radius 2 is 2.33 bits per heavy atom. The first-order valence-electron chi connectivity index (χ1n) is 1.53. The molecule has 37 valence electrons. The summed E-state index contributed by atoms with van der Waals surface area (Å²) in [7, 11) is 0. The molecule has 0 aromatic carbocycles. The number of aliphatic hydroxyl groups excluding tert-OH is 2. The lowest BCUT2D eigenvalue weighted by Gasteiger charge is -1.90. The summed E-state index contributed by atoms with van der Waals surface area (Å²) < 4.78 is 11.0. The Hall–Kier alpha value is -0.150. The molecule has 2 N–H and O–H groups in total. The molecule has 0 saturated heterocycles. The quantitative estimate of drug-likeness (QED) is 0.482. The summed E-state index contributed by atoms with van der Waals surface area (Å²) in [5.41, 5.74) is 0. The molecule has 0 aliphatic rings. The lowest BCUT2D eigenvalue weighted by atomic mass is 10.5. The first-order chi connectivity index (χ1) is 2.77. The van der Waals surface area contributed by atoms with Crippen LogP contribution in [0.3, 0.4) is 0 Å². The third-order valence-electron chi connectivity index (χ3n) is 0.300. The van der Waals surface area contributed by atoms with Crippen LogP contribution in [0.1, 0.15) is 0 Å². The molecule has 0 fully saturated rings. The summed E-state index contributed by atoms with van der Waals surface area (Å²) in [4.78, 5) is 0. The van der Waals surface area contributed by atoms with E-state index in [2.05, 4.69) is 0 Å². The van der Waals surface area contributed by atoms with Gasteiger partial charge in [-0.3, -0.25) is 0 Å². The van der Waals surface area contributed by atoms with E-state index in [4.69, 9.17) is 10.2 Å². The predicted octanol–water partition coefficient (Wildman–Crippen LogP) is -0.529. The van der Waals surface area contributed by atoms with Crippen LogP contribution < -0.4 is 0 Å². The van der Waals surface area contributed by atoms with Crippen LogP contribution in [0.25, 0.3) is 0 Å². The molecule has 0 aliphatic heterocycles. The van der Waals surface area contributed by atoms with Crippen LogP contribution in [0, 0.1) is 6.42 Å². The Morgan fingerprint density at radius 3 is 2.33 bits per heavy atom. The molecule has 3 heteroatoms. The minimum atomic E-state index is -1.98. The van der Waals surface area contributed by atoms with E-state index in [-0.39, 0.29) is 0 Å². The molecular weight excluding hydrogens is 87.0 g/mol. The molecular formula is C3H6FO2. The Kier molecular flexibility index (Phi) is 2.98. The van der Waals surface area contributed by atoms with E-state index in [1.807, 2.05) is 0 Å². The minimum Gasteiger partial charge on any atom is -0.396 e. The fourth-order valence-corrected chi connectivity index (χ4v) is 0.0870. The van der Waals surface area contributed by atoms with E-state index < -0.39 is 13.0 Å². The van der Waals surface area contributed by atoms with Crippen molar-refractivity contribution in [2.24, 2.45) is 0 Å². The summed E-state index contributed by atoms with van der Waals surface area (Å²) in [6.45, 7) is -0.419. The Morgan fingerprint density at radius 1 is 1.83 bits per heavy atom. The van der Waals surface area contributed by atoms with Gasteiger partial charge < -0.3 is 10.2 Å². The molecule has 6 heavy (non-hydrogen) atoms. The third kappa shape index (κ3) is 3.85. The second-order valence-corrected chi connectivity index (χ2v) is 0.791. The first-order valence-corrected chi connectivity index (χ1v) is 1.53. The molecule has 1 radical (unpaired) electrons. The van der Waals surface area contributed by atoms with Gasteiger partial charge in [-0.05, 0) is 0 Å². The molecule has 2 nitrogen and oxygen atoms in total. The second-order valence-electron chi connectivity index (χ2n) is 0.791. The highest BCUT2D eigenvalue weighted by Gasteiger charge is 1.94. The Bertz CT molecular complexity index is 30.0. The number of alkyl halides is 1. The van der Waals surface area contributed by atoms with Crippen molar-refractivity contribution in [3.05, 3.63) is 6.42 Å². The van der Waals surface area contributed by atoms with Crippen LogP contribution in [0.4, 0.5) is 4.39 Å². The molecule has 0 saturated carbocycles. The maximum atomic E-state index is 11.0. The molecule has 0 heterocycles. The summed E-state index contributed by atoms with van der Waals surface area (Å²) in [5.74, 6) is 0. The summed E-state index contributed by atoms with van der Waals surface area (Å²) in [6, 6.07) is 0. The zero-order chi connectivity index (χ0) is 4.99. The van der Waals surface area contributed by atoms with Crippen molar-refractivity contribution < 1.29 is 14.6 Å². The fourth-order valence-electron chi connectivity index (χ4n) is 0.0870. The third-order valence-corrected chi connectivity index (χ3v) is 0.300. The van der Waals surface area contributed by atoms with Gasteiger partial charge in [0.15, 0.2) is 0 Å². The van der Waals surface area contributed by atoms with Gasteiger partial charge in [-0.2, -0.15) is 0 Å². The summed E-state index contributed by atoms with van der Waals surface area (Å²) in [6.07, 6.45) is -1.24. The maximum Gasteiger partial charge on any atom is 0.201 e. The van der Waals surface area contributed by atoms with Crippen molar-refractivity contribution in [3.63, 3.8) is 0 Å². The van der Waals surface area contributed by atoms with Gasteiger partial charge in [-0.25, -0.2) is 4.39 Å². The van der Waals surface area contributed by atoms with Crippen LogP contribution in [0.2, 0.25) is 0 Å². The van der Waals surface area contributed by atoms with Crippen molar-refractivity contribution in [1.29, 1.82) is 0 Å². The lowest BCUT2D eigenvalue weighted by molar-refractivity contribution is 0.0615. The topological polar surface area (TPSA) is 40.5 Å². The van der Waals surface area contributed by atoms with E-state index in [0.29, 0.717) is 0 Å². The molecule has 0 aromatic rings. The largest absolute Gasteiger partial charge is 0.396 e. The van der Waals surface area contributed by atoms with Gasteiger partial charge in [0.05, 0.1) is 6.61 Å². The average Bonchev–Trinajstić information content (AvgIpc) is 1.35. The van der Waals surface area contributed by atoms with Gasteiger partial charge in [0.25, 0.3) is 0 Å². The maximum absolute atomic E-state index is 11.0. The lowest BCUT2D eigenvalue weighted by Crippen LogP contribution is -2.00. The molecule has 1 unspecified atom stereocenters. The fraction of sp³-hybridized carbons (Fsp3) is 0.667. The van der Waals surface area contributed by atoms with E-state index in [1.165, 1.54) is 0 Å². The van der Waals surface area contributed by atoms with Crippen LogP contribution in [-0.4, -0.2) is 23.2 Å². The van der Waals surface area contributed by atoms with Crippen LogP contribution in [0.15, 0.2) is 0 Å². The van der Waals surface area contributed by atoms with Gasteiger partial charge >= 0.3 is 0 Å². The van der Waals surface area contributed by atoms with Gasteiger partial charge in [0, 0.05) is 6.42 Å². The normalized spacial score (nSPS) is 14.5. The van der Waals surface area contributed by atoms with E-state index in [9.17, 15) is 4.39 Å². The number of aliphatic hydroxyl groups is 2. The highest BCUT2D eigenvalue weighted by molar-refractivity contribution is 4.62. The number of hydrogen-bond donors (Lipinski definition) is 2. The summed E-state index contributed by atoms with van der Waals surface area (Å²) in [5, 5.41) is 15.5. The predicted molar refractivity (Wildman–Crippen MR) is 18.5 cm³/mol. The highest BCUT2D eigenvalue weighted by Crippen LogP contribution is 1.85. The molecule has 0 aromatic heterocycles. The molecule has 0 spiro atoms. The van der Waals surface area contributed by atoms with Crippen molar-refractivity contribution in [2.75, 3.05) is 6.61 Å². The van der Waals surface area contributed by atoms with Gasteiger partial charge in [-0.1, -0.05) is 0 Å². The number of rotatable bonds is 2. The molecule has 0 amide bonds. The monoisotopic (exact) mass is 93.0 g/mol. The zero-order valence-corrected chi connectivity index (χ0v) is 3.13. The van der Waals surface area contributed by atoms with Gasteiger partial charge in [0.1, 0.15) is 0 Å². The SMILES string of the molecule is OC[CH]C(O)F. The minimum absolute atomic E-state index is 0.419. The van der Waals surface area contributed by atoms with Crippen molar-refractivity contribution in [2.45, 2.75) is 6.36 Å². The Balaban J connectivity index is 2.63. The van der Waals surface area contributed by atoms with E-state index in [1.54, 1.807) is 0 Å². The van der Waals surface area contributed by atoms with E-state index >= 15 is 0 Å². The number of halogens is 1. The Labute approximate surface area is 35.2 Å². The highest BCUT2D eigenvalue weighted by atomic mass is 19.1. The molecule has 0 aliphatic carbocycles. The zero-order valence-electron chi connectivity index (χ0n) is 3.13. The first kappa shape index (κ1) is 5.85. The molecule has 1 atom stereocenters. The molecule has 0 rings (SSSR count). The average molecular weight is 93.1 g/mol. The van der Waals surface area contributed by atoms with E-state index in [0.717, 1.165) is 6.42 Å². The van der Waals surface area contributed by atoms with Crippen molar-refractivity contribution in [3.8, 4) is 0 Å². The van der Waals surface area contributed by atoms with Crippen molar-refractivity contribution >= 4 is 0 Å². The second kappa shape index (κ2) is 3.06. The smallest absolute Gasteiger partial charge is 0.201 e. The van der Waals surface area contributed by atoms with Gasteiger partial charge in [0.2, 0.25) is 6.36 Å². The number of hydrogen-bond acceptors (Lipinski definition) is 2. The van der Waals surface area contributed by atoms with Crippen LogP contribution in [0.5, 0.6) is 0 Å². The van der Waals surface area contributed by atoms with Crippen LogP contribution in [-0.2, 0) is 0 Å². The summed E-state index contributed by atoms with van der Waals surface area (Å²) >= 11 is 0. The van der Waals surface area contributed by atoms with Crippen LogP contribution >= 0.6 is 0 Å².